The van der Waals surface area contributed by atoms with Crippen molar-refractivity contribution in [3.8, 4) is 0 Å². The van der Waals surface area contributed by atoms with E-state index in [1.807, 2.05) is 42.5 Å². The number of hydrogen-bond donors (Lipinski definition) is 0. The molecule has 0 aliphatic heterocycles. The highest BCUT2D eigenvalue weighted by molar-refractivity contribution is 9.10. The van der Waals surface area contributed by atoms with Crippen molar-refractivity contribution in [1.29, 1.82) is 0 Å². The van der Waals surface area contributed by atoms with E-state index >= 15 is 0 Å². The minimum absolute atomic E-state index is 0.300. The zero-order valence-corrected chi connectivity index (χ0v) is 12.0. The van der Waals surface area contributed by atoms with Crippen LogP contribution in [0.25, 0.3) is 23.1 Å². The smallest absolute Gasteiger partial charge is 0.347 e. The molecule has 98 valence electrons. The molecule has 0 aliphatic carbocycles. The molecule has 0 aliphatic rings. The van der Waals surface area contributed by atoms with Gasteiger partial charge in [-0.1, -0.05) is 46.3 Å². The van der Waals surface area contributed by atoms with Crippen LogP contribution in [0.2, 0.25) is 0 Å². The molecule has 3 nitrogen and oxygen atoms in total. The van der Waals surface area contributed by atoms with Crippen LogP contribution < -0.4 is 5.63 Å². The Bertz CT molecular complexity index is 838. The maximum absolute atomic E-state index is 11.9. The Morgan fingerprint density at radius 1 is 1.05 bits per heavy atom. The Morgan fingerprint density at radius 2 is 1.85 bits per heavy atom. The van der Waals surface area contributed by atoms with Crippen molar-refractivity contribution in [3.63, 3.8) is 0 Å². The van der Waals surface area contributed by atoms with Crippen LogP contribution in [0, 0.1) is 0 Å². The fourth-order valence-corrected chi connectivity index (χ4v) is 2.22. The molecule has 0 N–H and O–H groups in total. The molecule has 3 aromatic rings. The van der Waals surface area contributed by atoms with E-state index in [1.165, 1.54) is 0 Å². The van der Waals surface area contributed by atoms with Gasteiger partial charge in [0.25, 0.3) is 0 Å². The predicted molar refractivity (Wildman–Crippen MR) is 83.3 cm³/mol. The van der Waals surface area contributed by atoms with Crippen molar-refractivity contribution in [2.45, 2.75) is 0 Å². The molecule has 0 atom stereocenters. The summed E-state index contributed by atoms with van der Waals surface area (Å²) in [6.45, 7) is 0. The number of fused-ring (bicyclic) bond motifs is 1. The topological polar surface area (TPSA) is 43.1 Å². The molecule has 1 heterocycles. The first-order chi connectivity index (χ1) is 9.72. The Kier molecular flexibility index (Phi) is 3.48. The van der Waals surface area contributed by atoms with E-state index in [2.05, 4.69) is 20.9 Å². The maximum atomic E-state index is 11.9. The lowest BCUT2D eigenvalue weighted by atomic mass is 10.2. The third-order valence-electron chi connectivity index (χ3n) is 2.82. The lowest BCUT2D eigenvalue weighted by Crippen LogP contribution is -2.02. The molecule has 2 aromatic carbocycles. The van der Waals surface area contributed by atoms with Gasteiger partial charge in [-0.3, -0.25) is 0 Å². The molecule has 0 spiro atoms. The van der Waals surface area contributed by atoms with Crippen LogP contribution >= 0.6 is 15.9 Å². The molecule has 0 radical (unpaired) electrons. The van der Waals surface area contributed by atoms with Gasteiger partial charge in [0.2, 0.25) is 5.89 Å². The summed E-state index contributed by atoms with van der Waals surface area (Å²) in [4.78, 5) is 16.2. The fraction of sp³-hybridized carbons (Fsp3) is 0. The maximum Gasteiger partial charge on any atom is 0.347 e. The first-order valence-corrected chi connectivity index (χ1v) is 6.85. The van der Waals surface area contributed by atoms with Gasteiger partial charge >= 0.3 is 5.63 Å². The summed E-state index contributed by atoms with van der Waals surface area (Å²) < 4.78 is 6.02. The van der Waals surface area contributed by atoms with Crippen LogP contribution in [0.15, 0.2) is 62.2 Å². The van der Waals surface area contributed by atoms with E-state index in [4.69, 9.17) is 4.42 Å². The zero-order chi connectivity index (χ0) is 13.9. The fourth-order valence-electron chi connectivity index (χ4n) is 1.86. The van der Waals surface area contributed by atoms with Crippen molar-refractivity contribution in [3.05, 3.63) is 74.9 Å². The second-order valence-corrected chi connectivity index (χ2v) is 5.16. The van der Waals surface area contributed by atoms with Crippen LogP contribution in [-0.2, 0) is 0 Å². The Hall–Kier alpha value is -2.20. The molecule has 1 aromatic heterocycles. The predicted octanol–water partition coefficient (Wildman–Crippen LogP) is 4.12. The molecule has 0 saturated heterocycles. The van der Waals surface area contributed by atoms with E-state index in [9.17, 15) is 4.79 Å². The SMILES string of the molecule is O=c1oc(C=Cc2ccccc2)nc2ccc(Br)cc12. The van der Waals surface area contributed by atoms with E-state index < -0.39 is 0 Å². The second-order valence-electron chi connectivity index (χ2n) is 4.25. The highest BCUT2D eigenvalue weighted by Gasteiger charge is 2.04. The van der Waals surface area contributed by atoms with Crippen molar-refractivity contribution < 1.29 is 4.42 Å². The second kappa shape index (κ2) is 5.43. The van der Waals surface area contributed by atoms with Crippen LogP contribution in [0.4, 0.5) is 0 Å². The summed E-state index contributed by atoms with van der Waals surface area (Å²) in [5.41, 5.74) is 1.26. The van der Waals surface area contributed by atoms with Gasteiger partial charge in [0.1, 0.15) is 0 Å². The van der Waals surface area contributed by atoms with Gasteiger partial charge in [0.05, 0.1) is 10.9 Å². The van der Waals surface area contributed by atoms with Gasteiger partial charge in [-0.2, -0.15) is 0 Å². The van der Waals surface area contributed by atoms with Crippen molar-refractivity contribution in [2.24, 2.45) is 0 Å². The van der Waals surface area contributed by atoms with E-state index in [1.54, 1.807) is 18.2 Å². The molecule has 0 unspecified atom stereocenters. The first kappa shape index (κ1) is 12.8. The highest BCUT2D eigenvalue weighted by atomic mass is 79.9. The van der Waals surface area contributed by atoms with Gasteiger partial charge in [-0.15, -0.1) is 0 Å². The standard InChI is InChI=1S/C16H10BrNO2/c17-12-7-8-14-13(10-12)16(19)20-15(18-14)9-6-11-4-2-1-3-5-11/h1-10H. The normalized spacial score (nSPS) is 11.2. The average molecular weight is 328 g/mol. The van der Waals surface area contributed by atoms with Crippen LogP contribution in [0.3, 0.4) is 0 Å². The quantitative estimate of drug-likeness (QED) is 0.711. The minimum atomic E-state index is -0.385. The molecule has 0 amide bonds. The molecule has 20 heavy (non-hydrogen) atoms. The van der Waals surface area contributed by atoms with Gasteiger partial charge in [0, 0.05) is 10.5 Å². The Labute approximate surface area is 123 Å². The zero-order valence-electron chi connectivity index (χ0n) is 10.4. The molecular formula is C16H10BrNO2. The molecular weight excluding hydrogens is 318 g/mol. The van der Waals surface area contributed by atoms with Gasteiger partial charge in [0.15, 0.2) is 0 Å². The number of aromatic nitrogens is 1. The highest BCUT2D eigenvalue weighted by Crippen LogP contribution is 2.16. The minimum Gasteiger partial charge on any atom is -0.404 e. The summed E-state index contributed by atoms with van der Waals surface area (Å²) >= 11 is 3.32. The van der Waals surface area contributed by atoms with Gasteiger partial charge in [-0.25, -0.2) is 9.78 Å². The summed E-state index contributed by atoms with van der Waals surface area (Å²) in [6, 6.07) is 15.1. The van der Waals surface area contributed by atoms with Gasteiger partial charge in [-0.05, 0) is 29.8 Å². The van der Waals surface area contributed by atoms with E-state index in [0.717, 1.165) is 10.0 Å². The van der Waals surface area contributed by atoms with Crippen molar-refractivity contribution in [2.75, 3.05) is 0 Å². The third-order valence-corrected chi connectivity index (χ3v) is 3.32. The summed E-state index contributed by atoms with van der Waals surface area (Å²) in [7, 11) is 0. The summed E-state index contributed by atoms with van der Waals surface area (Å²) in [5, 5.41) is 0.469. The lowest BCUT2D eigenvalue weighted by Gasteiger charge is -1.98. The van der Waals surface area contributed by atoms with Gasteiger partial charge < -0.3 is 4.42 Å². The van der Waals surface area contributed by atoms with Crippen LogP contribution in [0.5, 0.6) is 0 Å². The monoisotopic (exact) mass is 327 g/mol. The lowest BCUT2D eigenvalue weighted by molar-refractivity contribution is 0.490. The molecule has 0 saturated carbocycles. The average Bonchev–Trinajstić information content (AvgIpc) is 2.47. The number of benzene rings is 2. The number of rotatable bonds is 2. The molecule has 0 bridgehead atoms. The third kappa shape index (κ3) is 2.70. The number of hydrogen-bond acceptors (Lipinski definition) is 3. The first-order valence-electron chi connectivity index (χ1n) is 6.06. The number of halogens is 1. The summed E-state index contributed by atoms with van der Waals surface area (Å²) in [6.07, 6.45) is 3.55. The van der Waals surface area contributed by atoms with E-state index in [-0.39, 0.29) is 5.63 Å². The Balaban J connectivity index is 2.03. The Morgan fingerprint density at radius 3 is 2.65 bits per heavy atom. The van der Waals surface area contributed by atoms with Crippen molar-refractivity contribution >= 4 is 39.0 Å². The summed E-state index contributed by atoms with van der Waals surface area (Å²) in [5.74, 6) is 0.300. The number of nitrogens with zero attached hydrogens (tertiary/aromatic N) is 1. The molecule has 3 rings (SSSR count). The van der Waals surface area contributed by atoms with Crippen LogP contribution in [-0.4, -0.2) is 4.98 Å². The van der Waals surface area contributed by atoms with Crippen LogP contribution in [0.1, 0.15) is 11.5 Å². The van der Waals surface area contributed by atoms with Crippen molar-refractivity contribution in [1.82, 2.24) is 4.98 Å². The molecule has 4 heteroatoms. The molecule has 0 fully saturated rings. The largest absolute Gasteiger partial charge is 0.404 e. The van der Waals surface area contributed by atoms with E-state index in [0.29, 0.717) is 16.8 Å².